The van der Waals surface area contributed by atoms with Crippen molar-refractivity contribution in [1.82, 2.24) is 10.2 Å². The summed E-state index contributed by atoms with van der Waals surface area (Å²) in [6, 6.07) is 1.73. The fraction of sp³-hybridized carbons (Fsp3) is 1.00. The summed E-state index contributed by atoms with van der Waals surface area (Å²) in [6.07, 6.45) is 8.65. The third-order valence-electron chi connectivity index (χ3n) is 5.92. The highest BCUT2D eigenvalue weighted by molar-refractivity contribution is 4.92. The highest BCUT2D eigenvalue weighted by atomic mass is 15.1. The fourth-order valence-electron chi connectivity index (χ4n) is 4.52. The van der Waals surface area contributed by atoms with Crippen LogP contribution in [0.1, 0.15) is 59.3 Å². The van der Waals surface area contributed by atoms with E-state index in [0.717, 1.165) is 23.9 Å². The van der Waals surface area contributed by atoms with Gasteiger partial charge in [-0.15, -0.1) is 0 Å². The van der Waals surface area contributed by atoms with Crippen LogP contribution in [0, 0.1) is 17.3 Å². The van der Waals surface area contributed by atoms with Gasteiger partial charge >= 0.3 is 0 Å². The Hall–Kier alpha value is -0.0800. The molecule has 3 unspecified atom stereocenters. The molecule has 0 aromatic heterocycles. The zero-order valence-corrected chi connectivity index (χ0v) is 13.1. The number of hydrogen-bond donors (Lipinski definition) is 1. The maximum absolute atomic E-state index is 3.76. The molecule has 0 radical (unpaired) electrons. The van der Waals surface area contributed by atoms with Crippen LogP contribution >= 0.6 is 0 Å². The number of nitrogens with one attached hydrogen (secondary N) is 1. The van der Waals surface area contributed by atoms with E-state index in [0.29, 0.717) is 5.41 Å². The molecule has 0 saturated carbocycles. The molecule has 3 aliphatic rings. The number of likely N-dealkylation sites (tertiary alicyclic amines) is 1. The lowest BCUT2D eigenvalue weighted by Gasteiger charge is -2.31. The molecule has 2 nitrogen and oxygen atoms in total. The molecule has 0 amide bonds. The summed E-state index contributed by atoms with van der Waals surface area (Å²) in [4.78, 5) is 2.74. The maximum atomic E-state index is 3.76. The van der Waals surface area contributed by atoms with E-state index in [1.165, 1.54) is 58.2 Å². The van der Waals surface area contributed by atoms with E-state index >= 15 is 0 Å². The first-order valence-electron chi connectivity index (χ1n) is 8.49. The van der Waals surface area contributed by atoms with E-state index in [4.69, 9.17) is 0 Å². The normalized spacial score (nSPS) is 39.9. The summed E-state index contributed by atoms with van der Waals surface area (Å²) >= 11 is 0. The Morgan fingerprint density at radius 2 is 1.74 bits per heavy atom. The Bertz CT molecular complexity index is 295. The second-order valence-electron chi connectivity index (χ2n) is 8.42. The molecule has 0 aromatic rings. The van der Waals surface area contributed by atoms with Crippen molar-refractivity contribution < 1.29 is 0 Å². The second-order valence-corrected chi connectivity index (χ2v) is 8.42. The van der Waals surface area contributed by atoms with Gasteiger partial charge in [0.2, 0.25) is 0 Å². The molecule has 19 heavy (non-hydrogen) atoms. The lowest BCUT2D eigenvalue weighted by molar-refractivity contribution is 0.210. The van der Waals surface area contributed by atoms with Crippen LogP contribution in [0.3, 0.4) is 0 Å². The molecule has 3 atom stereocenters. The Balaban J connectivity index is 1.41. The van der Waals surface area contributed by atoms with E-state index in [-0.39, 0.29) is 0 Å². The van der Waals surface area contributed by atoms with E-state index in [2.05, 4.69) is 31.0 Å². The second kappa shape index (κ2) is 5.37. The summed E-state index contributed by atoms with van der Waals surface area (Å²) in [5.74, 6) is 1.92. The molecular weight excluding hydrogens is 232 g/mol. The van der Waals surface area contributed by atoms with E-state index in [9.17, 15) is 0 Å². The molecule has 3 saturated heterocycles. The average Bonchev–Trinajstić information content (AvgIpc) is 2.93. The smallest absolute Gasteiger partial charge is 0.00728 e. The monoisotopic (exact) mass is 264 g/mol. The van der Waals surface area contributed by atoms with Crippen LogP contribution in [-0.4, -0.2) is 36.6 Å². The summed E-state index contributed by atoms with van der Waals surface area (Å²) in [5.41, 5.74) is 0.503. The number of nitrogens with zero attached hydrogens (tertiary/aromatic N) is 1. The number of hydrogen-bond acceptors (Lipinski definition) is 2. The number of rotatable bonds is 3. The van der Waals surface area contributed by atoms with Gasteiger partial charge in [0.1, 0.15) is 0 Å². The van der Waals surface area contributed by atoms with Crippen molar-refractivity contribution in [2.45, 2.75) is 71.4 Å². The van der Waals surface area contributed by atoms with Gasteiger partial charge < -0.3 is 10.2 Å². The van der Waals surface area contributed by atoms with E-state index < -0.39 is 0 Å². The van der Waals surface area contributed by atoms with Crippen LogP contribution in [0.2, 0.25) is 0 Å². The first-order valence-corrected chi connectivity index (χ1v) is 8.49. The van der Waals surface area contributed by atoms with Crippen molar-refractivity contribution in [3.8, 4) is 0 Å². The topological polar surface area (TPSA) is 15.3 Å². The van der Waals surface area contributed by atoms with E-state index in [1.807, 2.05) is 0 Å². The van der Waals surface area contributed by atoms with Crippen LogP contribution in [0.5, 0.6) is 0 Å². The quantitative estimate of drug-likeness (QED) is 0.841. The Kier molecular flexibility index (Phi) is 3.92. The molecule has 2 heteroatoms. The van der Waals surface area contributed by atoms with Gasteiger partial charge in [0.05, 0.1) is 0 Å². The molecule has 0 aliphatic carbocycles. The predicted octanol–water partition coefficient (Wildman–Crippen LogP) is 3.28. The van der Waals surface area contributed by atoms with Crippen molar-refractivity contribution >= 4 is 0 Å². The molecule has 0 aromatic carbocycles. The van der Waals surface area contributed by atoms with Crippen molar-refractivity contribution in [1.29, 1.82) is 0 Å². The first-order chi connectivity index (χ1) is 9.00. The minimum atomic E-state index is 0.503. The standard InChI is InChI=1S/C17H32N2/c1-17(2,3)14-7-9-19(12-14)8-6-13-10-15-4-5-16(11-13)18-15/h13-16,18H,4-12H2,1-3H3. The molecular formula is C17H32N2. The van der Waals surface area contributed by atoms with E-state index in [1.54, 1.807) is 0 Å². The number of piperidine rings is 1. The van der Waals surface area contributed by atoms with Crippen molar-refractivity contribution in [2.75, 3.05) is 19.6 Å². The molecule has 2 bridgehead atoms. The summed E-state index contributed by atoms with van der Waals surface area (Å²) < 4.78 is 0. The Morgan fingerprint density at radius 3 is 2.32 bits per heavy atom. The lowest BCUT2D eigenvalue weighted by Crippen LogP contribution is -2.39. The van der Waals surface area contributed by atoms with Gasteiger partial charge in [0, 0.05) is 18.6 Å². The minimum Gasteiger partial charge on any atom is -0.311 e. The zero-order valence-electron chi connectivity index (χ0n) is 13.1. The minimum absolute atomic E-state index is 0.503. The molecule has 3 rings (SSSR count). The third-order valence-corrected chi connectivity index (χ3v) is 5.92. The van der Waals surface area contributed by atoms with Crippen molar-refractivity contribution in [3.05, 3.63) is 0 Å². The summed E-state index contributed by atoms with van der Waals surface area (Å²) in [6.45, 7) is 11.3. The van der Waals surface area contributed by atoms with Gasteiger partial charge in [-0.1, -0.05) is 20.8 Å². The van der Waals surface area contributed by atoms with Crippen LogP contribution in [0.15, 0.2) is 0 Å². The highest BCUT2D eigenvalue weighted by Crippen LogP contribution is 2.35. The van der Waals surface area contributed by atoms with Crippen molar-refractivity contribution in [3.63, 3.8) is 0 Å². The van der Waals surface area contributed by atoms with Crippen molar-refractivity contribution in [2.24, 2.45) is 17.3 Å². The molecule has 3 heterocycles. The van der Waals surface area contributed by atoms with Crippen LogP contribution in [0.25, 0.3) is 0 Å². The molecule has 3 aliphatic heterocycles. The maximum Gasteiger partial charge on any atom is 0.00728 e. The largest absolute Gasteiger partial charge is 0.311 e. The van der Waals surface area contributed by atoms with Crippen LogP contribution < -0.4 is 5.32 Å². The Labute approximate surface area is 119 Å². The summed E-state index contributed by atoms with van der Waals surface area (Å²) in [5, 5.41) is 3.76. The SMILES string of the molecule is CC(C)(C)C1CCN(CCC2CC3CCC(C2)N3)C1. The van der Waals surface area contributed by atoms with Gasteiger partial charge in [-0.05, 0) is 68.9 Å². The van der Waals surface area contributed by atoms with Gasteiger partial charge in [0.15, 0.2) is 0 Å². The predicted molar refractivity (Wildman–Crippen MR) is 81.3 cm³/mol. The Morgan fingerprint density at radius 1 is 1.05 bits per heavy atom. The summed E-state index contributed by atoms with van der Waals surface area (Å²) in [7, 11) is 0. The molecule has 1 N–H and O–H groups in total. The first kappa shape index (κ1) is 13.9. The van der Waals surface area contributed by atoms with Gasteiger partial charge in [-0.25, -0.2) is 0 Å². The molecule has 3 fully saturated rings. The van der Waals surface area contributed by atoms with Crippen LogP contribution in [0.4, 0.5) is 0 Å². The zero-order chi connectivity index (χ0) is 13.5. The fourth-order valence-corrected chi connectivity index (χ4v) is 4.52. The molecule has 0 spiro atoms. The third kappa shape index (κ3) is 3.33. The van der Waals surface area contributed by atoms with Crippen LogP contribution in [-0.2, 0) is 0 Å². The molecule has 110 valence electrons. The highest BCUT2D eigenvalue weighted by Gasteiger charge is 2.35. The number of fused-ring (bicyclic) bond motifs is 2. The van der Waals surface area contributed by atoms with Gasteiger partial charge in [0.25, 0.3) is 0 Å². The van der Waals surface area contributed by atoms with Gasteiger partial charge in [-0.3, -0.25) is 0 Å². The van der Waals surface area contributed by atoms with Gasteiger partial charge in [-0.2, -0.15) is 0 Å². The average molecular weight is 264 g/mol. The lowest BCUT2D eigenvalue weighted by atomic mass is 9.80.